The fourth-order valence-electron chi connectivity index (χ4n) is 5.84. The molecular weight excluding hydrogens is 468 g/mol. The van der Waals surface area contributed by atoms with Crippen molar-refractivity contribution in [2.45, 2.75) is 57.7 Å². The maximum absolute atomic E-state index is 13.8. The SMILES string of the molecule is CC(C)C[C@H](NC(=O)c1ccc2c(c1)CCCN2)C(=O)N1CC[C@@H]2[C@H]1C(=O)CN2C(=O)c1ccccc1. The summed E-state index contributed by atoms with van der Waals surface area (Å²) in [6.07, 6.45) is 2.93. The standard InChI is InChI=1S/C29H34N4O4/c1-18(2)15-23(31-27(35)21-10-11-22-20(16-21)9-6-13-30-22)29(37)32-14-12-24-26(32)25(34)17-33(24)28(36)19-7-4-3-5-8-19/h3-5,7-8,10-11,16,18,23-24,26,30H,6,9,12-15,17H2,1-2H3,(H,31,35)/t23-,24+,26-/m0/s1. The summed E-state index contributed by atoms with van der Waals surface area (Å²) >= 11 is 0. The lowest BCUT2D eigenvalue weighted by atomic mass is 9.99. The van der Waals surface area contributed by atoms with E-state index in [4.69, 9.17) is 0 Å². The number of carbonyl (C=O) groups excluding carboxylic acids is 4. The highest BCUT2D eigenvalue weighted by molar-refractivity contribution is 6.03. The van der Waals surface area contributed by atoms with Crippen LogP contribution in [-0.4, -0.2) is 71.1 Å². The van der Waals surface area contributed by atoms with Crippen LogP contribution in [0.25, 0.3) is 0 Å². The summed E-state index contributed by atoms with van der Waals surface area (Å²) in [5.41, 5.74) is 3.22. The van der Waals surface area contributed by atoms with Crippen LogP contribution in [0.2, 0.25) is 0 Å². The van der Waals surface area contributed by atoms with Crippen LogP contribution >= 0.6 is 0 Å². The van der Waals surface area contributed by atoms with Crippen LogP contribution in [0.5, 0.6) is 0 Å². The van der Waals surface area contributed by atoms with E-state index in [0.717, 1.165) is 30.6 Å². The molecule has 3 aliphatic rings. The molecule has 0 unspecified atom stereocenters. The van der Waals surface area contributed by atoms with Gasteiger partial charge in [0.1, 0.15) is 12.1 Å². The molecule has 3 heterocycles. The quantitative estimate of drug-likeness (QED) is 0.633. The number of ketones is 1. The second-order valence-electron chi connectivity index (χ2n) is 10.7. The van der Waals surface area contributed by atoms with Crippen molar-refractivity contribution in [2.75, 3.05) is 25.0 Å². The lowest BCUT2D eigenvalue weighted by molar-refractivity contribution is -0.138. The molecule has 2 saturated heterocycles. The van der Waals surface area contributed by atoms with E-state index < -0.39 is 12.1 Å². The average molecular weight is 503 g/mol. The fraction of sp³-hybridized carbons (Fsp3) is 0.448. The van der Waals surface area contributed by atoms with Gasteiger partial charge in [-0.2, -0.15) is 0 Å². The summed E-state index contributed by atoms with van der Waals surface area (Å²) in [6, 6.07) is 12.8. The van der Waals surface area contributed by atoms with Crippen LogP contribution in [-0.2, 0) is 16.0 Å². The van der Waals surface area contributed by atoms with Crippen LogP contribution in [0.1, 0.15) is 59.4 Å². The molecule has 2 aromatic carbocycles. The second kappa shape index (κ2) is 10.4. The average Bonchev–Trinajstić information content (AvgIpc) is 3.48. The molecule has 0 radical (unpaired) electrons. The first-order valence-electron chi connectivity index (χ1n) is 13.2. The zero-order chi connectivity index (χ0) is 26.1. The van der Waals surface area contributed by atoms with E-state index in [-0.39, 0.29) is 42.0 Å². The zero-order valence-electron chi connectivity index (χ0n) is 21.4. The molecule has 0 bridgehead atoms. The Balaban J connectivity index is 1.32. The Morgan fingerprint density at radius 1 is 1.05 bits per heavy atom. The highest BCUT2D eigenvalue weighted by Crippen LogP contribution is 2.32. The number of hydrogen-bond acceptors (Lipinski definition) is 5. The normalized spacial score (nSPS) is 21.3. The van der Waals surface area contributed by atoms with Crippen molar-refractivity contribution < 1.29 is 19.2 Å². The third-order valence-electron chi connectivity index (χ3n) is 7.60. The Kier molecular flexibility index (Phi) is 7.00. The summed E-state index contributed by atoms with van der Waals surface area (Å²) in [6.45, 7) is 5.31. The summed E-state index contributed by atoms with van der Waals surface area (Å²) in [5, 5.41) is 6.31. The number of rotatable bonds is 6. The molecule has 2 aromatic rings. The Morgan fingerprint density at radius 2 is 1.84 bits per heavy atom. The number of benzene rings is 2. The molecule has 0 spiro atoms. The van der Waals surface area contributed by atoms with Gasteiger partial charge in [0.15, 0.2) is 5.78 Å². The number of Topliss-reactive ketones (excluding diaryl/α,β-unsaturated/α-hetero) is 1. The van der Waals surface area contributed by atoms with Crippen molar-refractivity contribution >= 4 is 29.2 Å². The van der Waals surface area contributed by atoms with Gasteiger partial charge in [0.25, 0.3) is 11.8 Å². The molecule has 0 aromatic heterocycles. The van der Waals surface area contributed by atoms with Gasteiger partial charge in [-0.05, 0) is 67.5 Å². The monoisotopic (exact) mass is 502 g/mol. The van der Waals surface area contributed by atoms with Crippen molar-refractivity contribution in [3.63, 3.8) is 0 Å². The first-order chi connectivity index (χ1) is 17.8. The van der Waals surface area contributed by atoms with Crippen molar-refractivity contribution in [3.8, 4) is 0 Å². The number of nitrogens with one attached hydrogen (secondary N) is 2. The maximum atomic E-state index is 13.8. The van der Waals surface area contributed by atoms with Gasteiger partial charge >= 0.3 is 0 Å². The zero-order valence-corrected chi connectivity index (χ0v) is 21.4. The molecule has 0 saturated carbocycles. The van der Waals surface area contributed by atoms with Gasteiger partial charge in [0.05, 0.1) is 12.6 Å². The van der Waals surface area contributed by atoms with Gasteiger partial charge in [-0.15, -0.1) is 0 Å². The molecule has 194 valence electrons. The summed E-state index contributed by atoms with van der Waals surface area (Å²) < 4.78 is 0. The number of fused-ring (bicyclic) bond motifs is 2. The lowest BCUT2D eigenvalue weighted by Crippen LogP contribution is -2.53. The van der Waals surface area contributed by atoms with Crippen molar-refractivity contribution in [3.05, 3.63) is 65.2 Å². The molecule has 8 nitrogen and oxygen atoms in total. The van der Waals surface area contributed by atoms with Crippen molar-refractivity contribution in [1.82, 2.24) is 15.1 Å². The van der Waals surface area contributed by atoms with E-state index in [1.54, 1.807) is 40.1 Å². The number of nitrogens with zero attached hydrogens (tertiary/aromatic N) is 2. The number of aryl methyl sites for hydroxylation is 1. The molecular formula is C29H34N4O4. The Bertz CT molecular complexity index is 1210. The predicted molar refractivity (Wildman–Crippen MR) is 140 cm³/mol. The molecule has 2 fully saturated rings. The summed E-state index contributed by atoms with van der Waals surface area (Å²) in [4.78, 5) is 56.3. The summed E-state index contributed by atoms with van der Waals surface area (Å²) in [5.74, 6) is -0.698. The van der Waals surface area contributed by atoms with E-state index in [2.05, 4.69) is 10.6 Å². The molecule has 37 heavy (non-hydrogen) atoms. The molecule has 5 rings (SSSR count). The minimum atomic E-state index is -0.743. The number of likely N-dealkylation sites (tertiary alicyclic amines) is 2. The van der Waals surface area contributed by atoms with Crippen LogP contribution < -0.4 is 10.6 Å². The van der Waals surface area contributed by atoms with Gasteiger partial charge in [0, 0.05) is 29.9 Å². The third kappa shape index (κ3) is 4.97. The number of carbonyl (C=O) groups is 4. The van der Waals surface area contributed by atoms with E-state index in [1.165, 1.54) is 0 Å². The van der Waals surface area contributed by atoms with Gasteiger partial charge in [0.2, 0.25) is 5.91 Å². The Morgan fingerprint density at radius 3 is 2.59 bits per heavy atom. The van der Waals surface area contributed by atoms with E-state index in [9.17, 15) is 19.2 Å². The molecule has 0 aliphatic carbocycles. The third-order valence-corrected chi connectivity index (χ3v) is 7.60. The van der Waals surface area contributed by atoms with Crippen molar-refractivity contribution in [1.29, 1.82) is 0 Å². The largest absolute Gasteiger partial charge is 0.385 e. The van der Waals surface area contributed by atoms with Gasteiger partial charge in [-0.25, -0.2) is 0 Å². The number of amides is 3. The van der Waals surface area contributed by atoms with Crippen LogP contribution in [0.15, 0.2) is 48.5 Å². The van der Waals surface area contributed by atoms with E-state index in [1.807, 2.05) is 32.0 Å². The number of hydrogen-bond donors (Lipinski definition) is 2. The molecule has 2 N–H and O–H groups in total. The maximum Gasteiger partial charge on any atom is 0.254 e. The Labute approximate surface area is 217 Å². The predicted octanol–water partition coefficient (Wildman–Crippen LogP) is 2.88. The second-order valence-corrected chi connectivity index (χ2v) is 10.7. The smallest absolute Gasteiger partial charge is 0.254 e. The highest BCUT2D eigenvalue weighted by atomic mass is 16.2. The van der Waals surface area contributed by atoms with Crippen LogP contribution in [0.4, 0.5) is 5.69 Å². The molecule has 3 atom stereocenters. The summed E-state index contributed by atoms with van der Waals surface area (Å²) in [7, 11) is 0. The highest BCUT2D eigenvalue weighted by Gasteiger charge is 2.52. The van der Waals surface area contributed by atoms with Gasteiger partial charge in [-0.1, -0.05) is 32.0 Å². The Hall–Kier alpha value is -3.68. The van der Waals surface area contributed by atoms with Crippen molar-refractivity contribution in [2.24, 2.45) is 5.92 Å². The van der Waals surface area contributed by atoms with Gasteiger partial charge in [-0.3, -0.25) is 19.2 Å². The minimum Gasteiger partial charge on any atom is -0.385 e. The lowest BCUT2D eigenvalue weighted by Gasteiger charge is -2.29. The van der Waals surface area contributed by atoms with E-state index in [0.29, 0.717) is 30.5 Å². The molecule has 8 heteroatoms. The first-order valence-corrected chi connectivity index (χ1v) is 13.2. The van der Waals surface area contributed by atoms with Crippen LogP contribution in [0, 0.1) is 5.92 Å². The minimum absolute atomic E-state index is 0.00277. The fourth-order valence-corrected chi connectivity index (χ4v) is 5.84. The number of anilines is 1. The van der Waals surface area contributed by atoms with E-state index >= 15 is 0 Å². The molecule has 3 amide bonds. The van der Waals surface area contributed by atoms with Crippen LogP contribution in [0.3, 0.4) is 0 Å². The van der Waals surface area contributed by atoms with Gasteiger partial charge < -0.3 is 20.4 Å². The first kappa shape index (κ1) is 25.0. The molecule has 3 aliphatic heterocycles. The topological polar surface area (TPSA) is 98.8 Å².